The lowest BCUT2D eigenvalue weighted by molar-refractivity contribution is 0.102. The van der Waals surface area contributed by atoms with Crippen LogP contribution in [-0.2, 0) is 10.0 Å². The van der Waals surface area contributed by atoms with Crippen LogP contribution in [0.15, 0.2) is 47.6 Å². The third kappa shape index (κ3) is 3.92. The Balaban J connectivity index is 1.84. The highest BCUT2D eigenvalue weighted by Gasteiger charge is 2.29. The number of sulfonamides is 1. The van der Waals surface area contributed by atoms with Crippen LogP contribution in [0.3, 0.4) is 0 Å². The normalized spacial score (nSPS) is 16.4. The molecule has 1 aliphatic heterocycles. The Hall–Kier alpha value is -2.29. The number of hydrogen-bond acceptors (Lipinski definition) is 5. The Labute approximate surface area is 153 Å². The molecular weight excluding hydrogens is 352 g/mol. The van der Waals surface area contributed by atoms with Crippen molar-refractivity contribution in [1.29, 1.82) is 0 Å². The third-order valence-electron chi connectivity index (χ3n) is 4.45. The zero-order valence-corrected chi connectivity index (χ0v) is 15.7. The van der Waals surface area contributed by atoms with Crippen molar-refractivity contribution >= 4 is 21.6 Å². The molecule has 8 heteroatoms. The van der Waals surface area contributed by atoms with E-state index < -0.39 is 10.0 Å². The van der Waals surface area contributed by atoms with Crippen LogP contribution in [0.1, 0.15) is 15.9 Å². The second-order valence-electron chi connectivity index (χ2n) is 6.38. The molecule has 26 heavy (non-hydrogen) atoms. The Morgan fingerprint density at radius 3 is 2.54 bits per heavy atom. The quantitative estimate of drug-likeness (QED) is 0.879. The van der Waals surface area contributed by atoms with Gasteiger partial charge in [-0.15, -0.1) is 0 Å². The minimum Gasteiger partial charge on any atom is -0.322 e. The minimum atomic E-state index is -3.60. The van der Waals surface area contributed by atoms with E-state index in [9.17, 15) is 13.2 Å². The smallest absolute Gasteiger partial charge is 0.257 e. The summed E-state index contributed by atoms with van der Waals surface area (Å²) in [5.41, 5.74) is 1.51. The van der Waals surface area contributed by atoms with E-state index in [1.807, 2.05) is 7.05 Å². The number of carbonyl (C=O) groups is 1. The molecule has 1 saturated heterocycles. The monoisotopic (exact) mass is 374 g/mol. The number of anilines is 1. The standard InChI is InChI=1S/C18H22N4O3S/c1-14-5-6-16(20-18(23)15-4-3-7-19-13-15)12-17(14)26(24,25)22-10-8-21(2)9-11-22/h3-7,12-13H,8-11H2,1-2H3,(H,20,23). The lowest BCUT2D eigenvalue weighted by atomic mass is 10.2. The third-order valence-corrected chi connectivity index (χ3v) is 6.49. The van der Waals surface area contributed by atoms with Crippen molar-refractivity contribution in [3.63, 3.8) is 0 Å². The van der Waals surface area contributed by atoms with Gasteiger partial charge in [0.15, 0.2) is 0 Å². The molecule has 138 valence electrons. The average Bonchev–Trinajstić information content (AvgIpc) is 2.64. The second-order valence-corrected chi connectivity index (χ2v) is 8.29. The molecule has 3 rings (SSSR count). The van der Waals surface area contributed by atoms with Crippen LogP contribution in [0.4, 0.5) is 5.69 Å². The maximum Gasteiger partial charge on any atom is 0.257 e. The van der Waals surface area contributed by atoms with Gasteiger partial charge in [0.05, 0.1) is 10.5 Å². The summed E-state index contributed by atoms with van der Waals surface area (Å²) < 4.78 is 27.5. The van der Waals surface area contributed by atoms with Gasteiger partial charge in [-0.2, -0.15) is 4.31 Å². The number of nitrogens with zero attached hydrogens (tertiary/aromatic N) is 3. The molecule has 7 nitrogen and oxygen atoms in total. The molecule has 0 spiro atoms. The molecule has 0 bridgehead atoms. The van der Waals surface area contributed by atoms with E-state index in [1.165, 1.54) is 16.6 Å². The summed E-state index contributed by atoms with van der Waals surface area (Å²) in [6.45, 7) is 4.09. The summed E-state index contributed by atoms with van der Waals surface area (Å²) >= 11 is 0. The number of hydrogen-bond donors (Lipinski definition) is 1. The fourth-order valence-electron chi connectivity index (χ4n) is 2.82. The first-order valence-corrected chi connectivity index (χ1v) is 9.82. The summed E-state index contributed by atoms with van der Waals surface area (Å²) in [5.74, 6) is -0.329. The lowest BCUT2D eigenvalue weighted by Gasteiger charge is -2.32. The van der Waals surface area contributed by atoms with E-state index in [4.69, 9.17) is 0 Å². The topological polar surface area (TPSA) is 82.6 Å². The summed E-state index contributed by atoms with van der Waals surface area (Å²) in [7, 11) is -1.62. The molecule has 2 heterocycles. The van der Waals surface area contributed by atoms with Crippen molar-refractivity contribution in [2.45, 2.75) is 11.8 Å². The molecule has 2 aromatic rings. The molecule has 0 unspecified atom stereocenters. The van der Waals surface area contributed by atoms with Crippen molar-refractivity contribution in [2.24, 2.45) is 0 Å². The van der Waals surface area contributed by atoms with Crippen LogP contribution >= 0.6 is 0 Å². The maximum absolute atomic E-state index is 13.0. The largest absolute Gasteiger partial charge is 0.322 e. The molecule has 1 amide bonds. The molecule has 1 N–H and O–H groups in total. The van der Waals surface area contributed by atoms with Gasteiger partial charge in [0.2, 0.25) is 10.0 Å². The molecular formula is C18H22N4O3S. The molecule has 1 fully saturated rings. The van der Waals surface area contributed by atoms with Gasteiger partial charge < -0.3 is 10.2 Å². The number of aromatic nitrogens is 1. The maximum atomic E-state index is 13.0. The Morgan fingerprint density at radius 2 is 1.88 bits per heavy atom. The Morgan fingerprint density at radius 1 is 1.15 bits per heavy atom. The zero-order valence-electron chi connectivity index (χ0n) is 14.8. The van der Waals surface area contributed by atoms with Crippen LogP contribution in [0.2, 0.25) is 0 Å². The predicted octanol–water partition coefficient (Wildman–Crippen LogP) is 1.58. The Kier molecular flexibility index (Phi) is 5.36. The van der Waals surface area contributed by atoms with Crippen LogP contribution in [-0.4, -0.2) is 61.7 Å². The molecule has 0 saturated carbocycles. The van der Waals surface area contributed by atoms with Crippen LogP contribution in [0.5, 0.6) is 0 Å². The van der Waals surface area contributed by atoms with Gasteiger partial charge >= 0.3 is 0 Å². The first-order chi connectivity index (χ1) is 12.4. The predicted molar refractivity (Wildman–Crippen MR) is 99.6 cm³/mol. The SMILES string of the molecule is Cc1ccc(NC(=O)c2cccnc2)cc1S(=O)(=O)N1CCN(C)CC1. The summed E-state index contributed by atoms with van der Waals surface area (Å²) in [4.78, 5) is 18.5. The van der Waals surface area contributed by atoms with Crippen LogP contribution in [0.25, 0.3) is 0 Å². The summed E-state index contributed by atoms with van der Waals surface area (Å²) in [5, 5.41) is 2.74. The zero-order chi connectivity index (χ0) is 18.7. The van der Waals surface area contributed by atoms with Crippen molar-refractivity contribution in [3.05, 3.63) is 53.9 Å². The molecule has 1 aromatic carbocycles. The average molecular weight is 374 g/mol. The van der Waals surface area contributed by atoms with E-state index in [0.29, 0.717) is 43.0 Å². The van der Waals surface area contributed by atoms with Crippen molar-refractivity contribution in [1.82, 2.24) is 14.2 Å². The van der Waals surface area contributed by atoms with Crippen LogP contribution in [0, 0.1) is 6.92 Å². The number of likely N-dealkylation sites (N-methyl/N-ethyl adjacent to an activating group) is 1. The van der Waals surface area contributed by atoms with Gasteiger partial charge in [-0.05, 0) is 43.8 Å². The number of amides is 1. The number of aryl methyl sites for hydroxylation is 1. The number of rotatable bonds is 4. The number of pyridine rings is 1. The fourth-order valence-corrected chi connectivity index (χ4v) is 4.50. The second kappa shape index (κ2) is 7.53. The van der Waals surface area contributed by atoms with Gasteiger partial charge in [-0.25, -0.2) is 8.42 Å². The summed E-state index contributed by atoms with van der Waals surface area (Å²) in [6, 6.07) is 8.26. The number of carbonyl (C=O) groups excluding carboxylic acids is 1. The van der Waals surface area contributed by atoms with Crippen molar-refractivity contribution in [2.75, 3.05) is 38.5 Å². The van der Waals surface area contributed by atoms with Gasteiger partial charge in [0.1, 0.15) is 0 Å². The molecule has 0 atom stereocenters. The van der Waals surface area contributed by atoms with E-state index in [1.54, 1.807) is 37.4 Å². The lowest BCUT2D eigenvalue weighted by Crippen LogP contribution is -2.47. The molecule has 0 radical (unpaired) electrons. The minimum absolute atomic E-state index is 0.228. The van der Waals surface area contributed by atoms with E-state index in [2.05, 4.69) is 15.2 Å². The van der Waals surface area contributed by atoms with Gasteiger partial charge in [0.25, 0.3) is 5.91 Å². The van der Waals surface area contributed by atoms with Crippen molar-refractivity contribution < 1.29 is 13.2 Å². The molecule has 0 aliphatic carbocycles. The number of nitrogens with one attached hydrogen (secondary N) is 1. The van der Waals surface area contributed by atoms with Crippen molar-refractivity contribution in [3.8, 4) is 0 Å². The highest BCUT2D eigenvalue weighted by Crippen LogP contribution is 2.24. The first-order valence-electron chi connectivity index (χ1n) is 8.38. The Bertz CT molecular complexity index is 892. The van der Waals surface area contributed by atoms with E-state index >= 15 is 0 Å². The fraction of sp³-hybridized carbons (Fsp3) is 0.333. The molecule has 1 aliphatic rings. The van der Waals surface area contributed by atoms with Gasteiger partial charge in [-0.3, -0.25) is 9.78 Å². The highest BCUT2D eigenvalue weighted by molar-refractivity contribution is 7.89. The van der Waals surface area contributed by atoms with Gasteiger partial charge in [-0.1, -0.05) is 6.07 Å². The number of benzene rings is 1. The summed E-state index contributed by atoms with van der Waals surface area (Å²) in [6.07, 6.45) is 3.05. The first kappa shape index (κ1) is 18.5. The van der Waals surface area contributed by atoms with E-state index in [0.717, 1.165) is 0 Å². The number of piperazine rings is 1. The van der Waals surface area contributed by atoms with Crippen LogP contribution < -0.4 is 5.32 Å². The highest BCUT2D eigenvalue weighted by atomic mass is 32.2. The van der Waals surface area contributed by atoms with E-state index in [-0.39, 0.29) is 10.8 Å². The molecule has 1 aromatic heterocycles. The van der Waals surface area contributed by atoms with Gasteiger partial charge in [0, 0.05) is 44.3 Å².